The minimum absolute atomic E-state index is 0.0316. The fraction of sp³-hybridized carbons (Fsp3) is 0.389. The molecule has 0 saturated heterocycles. The van der Waals surface area contributed by atoms with E-state index in [-0.39, 0.29) is 11.9 Å². The lowest BCUT2D eigenvalue weighted by atomic mass is 10.0. The van der Waals surface area contributed by atoms with Gasteiger partial charge in [0, 0.05) is 41.4 Å². The number of rotatable bonds is 5. The average Bonchev–Trinajstić information content (AvgIpc) is 3.06. The Morgan fingerprint density at radius 3 is 2.67 bits per heavy atom. The van der Waals surface area contributed by atoms with Gasteiger partial charge in [-0.1, -0.05) is 0 Å². The number of hydrogen-bond donors (Lipinski definition) is 1. The highest BCUT2D eigenvalue weighted by molar-refractivity contribution is 7.10. The molecule has 128 valence electrons. The highest BCUT2D eigenvalue weighted by atomic mass is 32.1. The molecule has 1 aromatic heterocycles. The molecular weight excluding hydrogens is 324 g/mol. The molecule has 1 aliphatic heterocycles. The molecule has 0 fully saturated rings. The normalized spacial score (nSPS) is 17.2. The average molecular weight is 346 g/mol. The van der Waals surface area contributed by atoms with E-state index in [4.69, 9.17) is 9.47 Å². The molecule has 0 bridgehead atoms. The number of thiophene rings is 1. The third-order valence-electron chi connectivity index (χ3n) is 4.39. The summed E-state index contributed by atoms with van der Waals surface area (Å²) in [5.41, 5.74) is 2.03. The van der Waals surface area contributed by atoms with E-state index < -0.39 is 0 Å². The van der Waals surface area contributed by atoms with Crippen molar-refractivity contribution in [1.29, 1.82) is 0 Å². The molecule has 24 heavy (non-hydrogen) atoms. The SMILES string of the molecule is COc1cc(NC(=O)CN2CCc3sccc3C2C)cc(OC)c1. The second-order valence-electron chi connectivity index (χ2n) is 5.85. The summed E-state index contributed by atoms with van der Waals surface area (Å²) in [6.07, 6.45) is 1.01. The molecular formula is C18H22N2O3S. The minimum Gasteiger partial charge on any atom is -0.497 e. The number of nitrogens with zero attached hydrogens (tertiary/aromatic N) is 1. The molecule has 2 aromatic rings. The largest absolute Gasteiger partial charge is 0.497 e. The Labute approximate surface area is 146 Å². The Kier molecular flexibility index (Phi) is 5.06. The van der Waals surface area contributed by atoms with Crippen LogP contribution in [0.5, 0.6) is 11.5 Å². The maximum absolute atomic E-state index is 12.4. The molecule has 0 saturated carbocycles. The molecule has 1 N–H and O–H groups in total. The van der Waals surface area contributed by atoms with Crippen LogP contribution in [-0.2, 0) is 11.2 Å². The minimum atomic E-state index is -0.0316. The van der Waals surface area contributed by atoms with E-state index in [9.17, 15) is 4.79 Å². The van der Waals surface area contributed by atoms with Gasteiger partial charge in [0.05, 0.1) is 20.8 Å². The Hall–Kier alpha value is -2.05. The zero-order valence-corrected chi connectivity index (χ0v) is 15.0. The number of methoxy groups -OCH3 is 2. The molecule has 1 aliphatic rings. The van der Waals surface area contributed by atoms with Crippen LogP contribution in [0.25, 0.3) is 0 Å². The van der Waals surface area contributed by atoms with Gasteiger partial charge in [0.15, 0.2) is 0 Å². The predicted octanol–water partition coefficient (Wildman–Crippen LogP) is 3.32. The number of hydrogen-bond acceptors (Lipinski definition) is 5. The van der Waals surface area contributed by atoms with Crippen LogP contribution < -0.4 is 14.8 Å². The highest BCUT2D eigenvalue weighted by Crippen LogP contribution is 2.32. The van der Waals surface area contributed by atoms with Crippen molar-refractivity contribution < 1.29 is 14.3 Å². The van der Waals surface area contributed by atoms with E-state index >= 15 is 0 Å². The number of benzene rings is 1. The van der Waals surface area contributed by atoms with E-state index in [0.717, 1.165) is 13.0 Å². The van der Waals surface area contributed by atoms with Crippen LogP contribution in [0.15, 0.2) is 29.6 Å². The fourth-order valence-electron chi connectivity index (χ4n) is 3.04. The smallest absolute Gasteiger partial charge is 0.238 e. The maximum Gasteiger partial charge on any atom is 0.238 e. The topological polar surface area (TPSA) is 50.8 Å². The monoisotopic (exact) mass is 346 g/mol. The standard InChI is InChI=1S/C18H22N2O3S/c1-12-16-5-7-24-17(16)4-6-20(12)11-18(21)19-13-8-14(22-2)10-15(9-13)23-3/h5,7-10,12H,4,6,11H2,1-3H3,(H,19,21). The summed E-state index contributed by atoms with van der Waals surface area (Å²) >= 11 is 1.81. The van der Waals surface area contributed by atoms with Crippen molar-refractivity contribution in [2.24, 2.45) is 0 Å². The van der Waals surface area contributed by atoms with Crippen molar-refractivity contribution in [2.75, 3.05) is 32.6 Å². The first-order valence-electron chi connectivity index (χ1n) is 7.94. The van der Waals surface area contributed by atoms with Gasteiger partial charge in [-0.2, -0.15) is 0 Å². The number of carbonyl (C=O) groups is 1. The lowest BCUT2D eigenvalue weighted by Gasteiger charge is -2.32. The van der Waals surface area contributed by atoms with E-state index in [0.29, 0.717) is 23.7 Å². The van der Waals surface area contributed by atoms with Gasteiger partial charge in [-0.3, -0.25) is 9.69 Å². The van der Waals surface area contributed by atoms with E-state index in [1.54, 1.807) is 43.8 Å². The zero-order valence-electron chi connectivity index (χ0n) is 14.2. The number of anilines is 1. The summed E-state index contributed by atoms with van der Waals surface area (Å²) in [6, 6.07) is 7.79. The number of ether oxygens (including phenoxy) is 2. The number of amides is 1. The molecule has 1 aromatic carbocycles. The van der Waals surface area contributed by atoms with E-state index in [2.05, 4.69) is 28.6 Å². The van der Waals surface area contributed by atoms with Gasteiger partial charge in [-0.05, 0) is 30.4 Å². The molecule has 6 heteroatoms. The number of carbonyl (C=O) groups excluding carboxylic acids is 1. The second kappa shape index (κ2) is 7.23. The van der Waals surface area contributed by atoms with Crippen molar-refractivity contribution in [3.8, 4) is 11.5 Å². The van der Waals surface area contributed by atoms with Crippen molar-refractivity contribution in [3.05, 3.63) is 40.1 Å². The first-order chi connectivity index (χ1) is 11.6. The van der Waals surface area contributed by atoms with Crippen LogP contribution in [-0.4, -0.2) is 38.1 Å². The van der Waals surface area contributed by atoms with Gasteiger partial charge in [0.1, 0.15) is 11.5 Å². The van der Waals surface area contributed by atoms with Gasteiger partial charge >= 0.3 is 0 Å². The first kappa shape index (κ1) is 16.8. The van der Waals surface area contributed by atoms with Crippen LogP contribution in [0.2, 0.25) is 0 Å². The van der Waals surface area contributed by atoms with Crippen molar-refractivity contribution in [1.82, 2.24) is 4.90 Å². The summed E-state index contributed by atoms with van der Waals surface area (Å²) in [5.74, 6) is 1.27. The van der Waals surface area contributed by atoms with Gasteiger partial charge in [0.2, 0.25) is 5.91 Å². The quantitative estimate of drug-likeness (QED) is 0.902. The summed E-state index contributed by atoms with van der Waals surface area (Å²) < 4.78 is 10.5. The molecule has 3 rings (SSSR count). The van der Waals surface area contributed by atoms with Gasteiger partial charge in [-0.15, -0.1) is 11.3 Å². The number of nitrogens with one attached hydrogen (secondary N) is 1. The van der Waals surface area contributed by atoms with Crippen molar-refractivity contribution in [2.45, 2.75) is 19.4 Å². The summed E-state index contributed by atoms with van der Waals surface area (Å²) in [5, 5.41) is 5.07. The molecule has 2 heterocycles. The maximum atomic E-state index is 12.4. The predicted molar refractivity (Wildman–Crippen MR) is 96.2 cm³/mol. The molecule has 0 radical (unpaired) electrons. The Morgan fingerprint density at radius 2 is 2.00 bits per heavy atom. The van der Waals surface area contributed by atoms with Crippen molar-refractivity contribution in [3.63, 3.8) is 0 Å². The van der Waals surface area contributed by atoms with Crippen LogP contribution in [0.3, 0.4) is 0 Å². The lowest BCUT2D eigenvalue weighted by molar-refractivity contribution is -0.117. The molecule has 0 spiro atoms. The third kappa shape index (κ3) is 3.55. The van der Waals surface area contributed by atoms with Crippen LogP contribution in [0.4, 0.5) is 5.69 Å². The van der Waals surface area contributed by atoms with Gasteiger partial charge in [0.25, 0.3) is 0 Å². The van der Waals surface area contributed by atoms with Gasteiger partial charge < -0.3 is 14.8 Å². The molecule has 0 aliphatic carbocycles. The molecule has 5 nitrogen and oxygen atoms in total. The Morgan fingerprint density at radius 1 is 1.29 bits per heavy atom. The van der Waals surface area contributed by atoms with E-state index in [1.807, 2.05) is 0 Å². The Bertz CT molecular complexity index is 707. The summed E-state index contributed by atoms with van der Waals surface area (Å²) in [4.78, 5) is 16.1. The number of fused-ring (bicyclic) bond motifs is 1. The van der Waals surface area contributed by atoms with Crippen LogP contribution in [0.1, 0.15) is 23.4 Å². The first-order valence-corrected chi connectivity index (χ1v) is 8.82. The van der Waals surface area contributed by atoms with E-state index in [1.165, 1.54) is 10.4 Å². The fourth-order valence-corrected chi connectivity index (χ4v) is 4.00. The third-order valence-corrected chi connectivity index (χ3v) is 5.38. The highest BCUT2D eigenvalue weighted by Gasteiger charge is 2.26. The Balaban J connectivity index is 1.66. The van der Waals surface area contributed by atoms with Crippen LogP contribution in [0, 0.1) is 0 Å². The second-order valence-corrected chi connectivity index (χ2v) is 6.85. The van der Waals surface area contributed by atoms with Crippen molar-refractivity contribution >= 4 is 22.9 Å². The molecule has 1 amide bonds. The zero-order chi connectivity index (χ0) is 17.1. The molecule has 1 unspecified atom stereocenters. The summed E-state index contributed by atoms with van der Waals surface area (Å²) in [6.45, 7) is 3.44. The van der Waals surface area contributed by atoms with Crippen LogP contribution >= 0.6 is 11.3 Å². The summed E-state index contributed by atoms with van der Waals surface area (Å²) in [7, 11) is 3.18. The lowest BCUT2D eigenvalue weighted by Crippen LogP contribution is -2.39. The molecule has 1 atom stereocenters. The van der Waals surface area contributed by atoms with Gasteiger partial charge in [-0.25, -0.2) is 0 Å².